The molecule has 0 saturated carbocycles. The number of aromatic nitrogens is 1. The van der Waals surface area contributed by atoms with E-state index < -0.39 is 17.5 Å². The molecule has 1 unspecified atom stereocenters. The Hall–Kier alpha value is -3.44. The molecular weight excluding hydrogens is 460 g/mol. The third-order valence-corrected chi connectivity index (χ3v) is 6.23. The summed E-state index contributed by atoms with van der Waals surface area (Å²) < 4.78 is 2.54. The Morgan fingerprint density at radius 2 is 1.87 bits per heavy atom. The molecule has 1 atom stereocenters. The quantitative estimate of drug-likeness (QED) is 0.428. The number of fused-ring (bicyclic) bond motifs is 1. The van der Waals surface area contributed by atoms with E-state index in [1.54, 1.807) is 31.3 Å². The van der Waals surface area contributed by atoms with Crippen LogP contribution in [0, 0.1) is 11.3 Å². The van der Waals surface area contributed by atoms with Gasteiger partial charge in [-0.1, -0.05) is 52.3 Å². The van der Waals surface area contributed by atoms with Crippen LogP contribution in [0.15, 0.2) is 59.2 Å². The van der Waals surface area contributed by atoms with Crippen molar-refractivity contribution in [3.8, 4) is 6.07 Å². The molecule has 1 aromatic heterocycles. The van der Waals surface area contributed by atoms with E-state index in [1.807, 2.05) is 34.9 Å². The van der Waals surface area contributed by atoms with Crippen LogP contribution in [0.3, 0.4) is 0 Å². The number of imide groups is 1. The lowest BCUT2D eigenvalue weighted by molar-refractivity contribution is -0.130. The van der Waals surface area contributed by atoms with Crippen molar-refractivity contribution in [3.63, 3.8) is 0 Å². The van der Waals surface area contributed by atoms with E-state index in [4.69, 9.17) is 5.26 Å². The van der Waals surface area contributed by atoms with Gasteiger partial charge in [0.15, 0.2) is 5.78 Å². The highest BCUT2D eigenvalue weighted by molar-refractivity contribution is 9.10. The number of ketones is 1. The fourth-order valence-corrected chi connectivity index (χ4v) is 4.62. The lowest BCUT2D eigenvalue weighted by atomic mass is 9.92. The standard InChI is InChI=1S/C23H19BrN4O3/c1-23(17-8-3-4-9-18(17)24)21(30)28(22(31)26-23)14-20(29)16-13-27(12-6-11-25)19-10-5-2-7-15(16)19/h2-5,7-10,13H,6,12,14H2,1H3,(H,26,31). The highest BCUT2D eigenvalue weighted by Crippen LogP contribution is 2.34. The van der Waals surface area contributed by atoms with Gasteiger partial charge in [-0.25, -0.2) is 4.79 Å². The molecule has 31 heavy (non-hydrogen) atoms. The molecule has 156 valence electrons. The SMILES string of the molecule is CC1(c2ccccc2Br)NC(=O)N(CC(=O)c2cn(CCC#N)c3ccccc23)C1=O. The largest absolute Gasteiger partial charge is 0.346 e. The Balaban J connectivity index is 1.64. The number of nitrogens with one attached hydrogen (secondary N) is 1. The molecule has 1 aliphatic rings. The second kappa shape index (κ2) is 8.00. The first-order valence-electron chi connectivity index (χ1n) is 9.74. The van der Waals surface area contributed by atoms with Crippen LogP contribution in [-0.4, -0.2) is 33.7 Å². The number of urea groups is 1. The van der Waals surface area contributed by atoms with Gasteiger partial charge in [0.05, 0.1) is 19.0 Å². The number of amides is 3. The van der Waals surface area contributed by atoms with Crippen LogP contribution in [0.25, 0.3) is 10.9 Å². The Morgan fingerprint density at radius 1 is 1.16 bits per heavy atom. The zero-order valence-corrected chi connectivity index (χ0v) is 18.3. The maximum atomic E-state index is 13.2. The van der Waals surface area contributed by atoms with Gasteiger partial charge in [-0.3, -0.25) is 14.5 Å². The fourth-order valence-electron chi connectivity index (χ4n) is 3.94. The molecule has 7 nitrogen and oxygen atoms in total. The zero-order valence-electron chi connectivity index (χ0n) is 16.8. The number of carbonyl (C=O) groups is 3. The van der Waals surface area contributed by atoms with Crippen LogP contribution in [0.1, 0.15) is 29.3 Å². The molecule has 1 aliphatic heterocycles. The van der Waals surface area contributed by atoms with E-state index in [9.17, 15) is 14.4 Å². The molecule has 1 saturated heterocycles. The molecule has 0 bridgehead atoms. The molecule has 0 aliphatic carbocycles. The van der Waals surface area contributed by atoms with Crippen molar-refractivity contribution in [2.24, 2.45) is 0 Å². The van der Waals surface area contributed by atoms with E-state index in [-0.39, 0.29) is 12.3 Å². The minimum Gasteiger partial charge on any atom is -0.346 e. The third-order valence-electron chi connectivity index (χ3n) is 5.54. The second-order valence-electron chi connectivity index (χ2n) is 7.51. The molecule has 1 fully saturated rings. The van der Waals surface area contributed by atoms with Crippen molar-refractivity contribution < 1.29 is 14.4 Å². The number of hydrogen-bond acceptors (Lipinski definition) is 4. The third kappa shape index (κ3) is 3.51. The molecule has 2 heterocycles. The number of carbonyl (C=O) groups excluding carboxylic acids is 3. The predicted octanol–water partition coefficient (Wildman–Crippen LogP) is 3.97. The molecule has 4 rings (SSSR count). The van der Waals surface area contributed by atoms with E-state index >= 15 is 0 Å². The van der Waals surface area contributed by atoms with Gasteiger partial charge in [-0.2, -0.15) is 5.26 Å². The number of halogens is 1. The van der Waals surface area contributed by atoms with Gasteiger partial charge in [0.25, 0.3) is 5.91 Å². The summed E-state index contributed by atoms with van der Waals surface area (Å²) in [4.78, 5) is 40.0. The van der Waals surface area contributed by atoms with Crippen LogP contribution in [0.4, 0.5) is 4.79 Å². The van der Waals surface area contributed by atoms with Gasteiger partial charge in [0.2, 0.25) is 0 Å². The molecule has 3 aromatic rings. The second-order valence-corrected chi connectivity index (χ2v) is 8.37. The monoisotopic (exact) mass is 478 g/mol. The molecule has 0 spiro atoms. The highest BCUT2D eigenvalue weighted by atomic mass is 79.9. The van der Waals surface area contributed by atoms with Crippen molar-refractivity contribution in [2.75, 3.05) is 6.54 Å². The summed E-state index contributed by atoms with van der Waals surface area (Å²) in [6.07, 6.45) is 2.00. The summed E-state index contributed by atoms with van der Waals surface area (Å²) in [6.45, 7) is 1.72. The number of nitriles is 1. The summed E-state index contributed by atoms with van der Waals surface area (Å²) in [5, 5.41) is 12.4. The van der Waals surface area contributed by atoms with E-state index in [0.717, 1.165) is 15.8 Å². The fraction of sp³-hybridized carbons (Fsp3) is 0.217. The zero-order chi connectivity index (χ0) is 22.2. The Kier molecular flexibility index (Phi) is 5.38. The topological polar surface area (TPSA) is 95.2 Å². The molecular formula is C23H19BrN4O3. The molecule has 0 radical (unpaired) electrons. The van der Waals surface area contributed by atoms with E-state index in [1.165, 1.54) is 0 Å². The minimum absolute atomic E-state index is 0.309. The molecule has 3 amide bonds. The van der Waals surface area contributed by atoms with Crippen molar-refractivity contribution >= 4 is 44.6 Å². The van der Waals surface area contributed by atoms with Crippen LogP contribution >= 0.6 is 15.9 Å². The summed E-state index contributed by atoms with van der Waals surface area (Å²) in [5.41, 5.74) is 0.606. The predicted molar refractivity (Wildman–Crippen MR) is 118 cm³/mol. The van der Waals surface area contributed by atoms with E-state index in [0.29, 0.717) is 28.6 Å². The van der Waals surface area contributed by atoms with Gasteiger partial charge < -0.3 is 9.88 Å². The maximum absolute atomic E-state index is 13.2. The molecule has 2 aromatic carbocycles. The highest BCUT2D eigenvalue weighted by Gasteiger charge is 2.50. The summed E-state index contributed by atoms with van der Waals surface area (Å²) in [5.74, 6) is -0.822. The lowest BCUT2D eigenvalue weighted by Crippen LogP contribution is -2.41. The number of hydrogen-bond donors (Lipinski definition) is 1. The Labute approximate surface area is 187 Å². The van der Waals surface area contributed by atoms with Gasteiger partial charge >= 0.3 is 6.03 Å². The first-order valence-corrected chi connectivity index (χ1v) is 10.5. The summed E-state index contributed by atoms with van der Waals surface area (Å²) in [7, 11) is 0. The van der Waals surface area contributed by atoms with Crippen LogP contribution in [0.5, 0.6) is 0 Å². The summed E-state index contributed by atoms with van der Waals surface area (Å²) in [6, 6.07) is 16.0. The lowest BCUT2D eigenvalue weighted by Gasteiger charge is -2.23. The van der Waals surface area contributed by atoms with Crippen molar-refractivity contribution in [3.05, 3.63) is 70.3 Å². The number of Topliss-reactive ketones (excluding diaryl/α,β-unsaturated/α-hetero) is 1. The number of rotatable bonds is 6. The molecule has 8 heteroatoms. The van der Waals surface area contributed by atoms with Gasteiger partial charge in [-0.15, -0.1) is 0 Å². The number of benzene rings is 2. The van der Waals surface area contributed by atoms with E-state index in [2.05, 4.69) is 27.3 Å². The first-order chi connectivity index (χ1) is 14.9. The summed E-state index contributed by atoms with van der Waals surface area (Å²) >= 11 is 3.43. The Bertz CT molecular complexity index is 1260. The first kappa shape index (κ1) is 20.8. The van der Waals surface area contributed by atoms with Crippen LogP contribution < -0.4 is 5.32 Å². The maximum Gasteiger partial charge on any atom is 0.325 e. The number of aryl methyl sites for hydroxylation is 1. The number of para-hydroxylation sites is 1. The van der Waals surface area contributed by atoms with Gasteiger partial charge in [0, 0.05) is 39.2 Å². The van der Waals surface area contributed by atoms with Gasteiger partial charge in [0.1, 0.15) is 5.54 Å². The number of nitrogens with zero attached hydrogens (tertiary/aromatic N) is 3. The van der Waals surface area contributed by atoms with Crippen LogP contribution in [-0.2, 0) is 16.9 Å². The van der Waals surface area contributed by atoms with Crippen LogP contribution in [0.2, 0.25) is 0 Å². The average molecular weight is 479 g/mol. The minimum atomic E-state index is -1.27. The van der Waals surface area contributed by atoms with Crippen molar-refractivity contribution in [2.45, 2.75) is 25.4 Å². The van der Waals surface area contributed by atoms with Crippen molar-refractivity contribution in [1.29, 1.82) is 5.26 Å². The molecule has 1 N–H and O–H groups in total. The smallest absolute Gasteiger partial charge is 0.325 e. The average Bonchev–Trinajstić information content (AvgIpc) is 3.23. The van der Waals surface area contributed by atoms with Gasteiger partial charge in [-0.05, 0) is 19.1 Å². The normalized spacial score (nSPS) is 18.3. The van der Waals surface area contributed by atoms with Crippen molar-refractivity contribution in [1.82, 2.24) is 14.8 Å². The Morgan fingerprint density at radius 3 is 2.61 bits per heavy atom.